The molecule has 0 bridgehead atoms. The summed E-state index contributed by atoms with van der Waals surface area (Å²) >= 11 is 0. The molecule has 0 amide bonds. The molecule has 1 aromatic heterocycles. The fraction of sp³-hybridized carbons (Fsp3) is 0.222. The number of alkyl halides is 2. The van der Waals surface area contributed by atoms with Gasteiger partial charge in [0.1, 0.15) is 17.6 Å². The predicted molar refractivity (Wildman–Crippen MR) is 49.7 cm³/mol. The molecule has 0 fully saturated rings. The highest BCUT2D eigenvalue weighted by Crippen LogP contribution is 2.24. The molecule has 1 aromatic rings. The molecule has 0 aliphatic rings. The van der Waals surface area contributed by atoms with Gasteiger partial charge in [0.25, 0.3) is 6.43 Å². The van der Waals surface area contributed by atoms with Crippen molar-refractivity contribution in [1.29, 1.82) is 5.26 Å². The lowest BCUT2D eigenvalue weighted by Crippen LogP contribution is -2.09. The van der Waals surface area contributed by atoms with Crippen LogP contribution in [0.3, 0.4) is 0 Å². The summed E-state index contributed by atoms with van der Waals surface area (Å²) in [6.45, 7) is 0. The number of hydrogen-bond donors (Lipinski definition) is 2. The minimum atomic E-state index is -2.93. The molecule has 1 heterocycles. The van der Waals surface area contributed by atoms with Crippen LogP contribution in [0.1, 0.15) is 23.2 Å². The third-order valence-corrected chi connectivity index (χ3v) is 1.83. The maximum atomic E-state index is 12.5. The molecule has 1 rings (SSSR count). The number of aliphatic carboxylic acids is 1. The summed E-state index contributed by atoms with van der Waals surface area (Å²) in [5.74, 6) is -1.61. The summed E-state index contributed by atoms with van der Waals surface area (Å²) in [5.41, 5.74) is 4.25. The number of pyridine rings is 1. The normalized spacial score (nSPS) is 10.1. The Kier molecular flexibility index (Phi) is 3.35. The quantitative estimate of drug-likeness (QED) is 0.805. The molecule has 3 N–H and O–H groups in total. The first-order chi connectivity index (χ1) is 7.45. The molecule has 0 saturated carbocycles. The van der Waals surface area contributed by atoms with Crippen LogP contribution in [-0.4, -0.2) is 16.1 Å². The Bertz CT molecular complexity index is 469. The number of carbonyl (C=O) groups is 1. The number of halogens is 2. The van der Waals surface area contributed by atoms with Crippen molar-refractivity contribution in [2.75, 3.05) is 5.73 Å². The number of nitrogens with zero attached hydrogens (tertiary/aromatic N) is 2. The molecule has 0 aliphatic heterocycles. The summed E-state index contributed by atoms with van der Waals surface area (Å²) < 4.78 is 25.0. The number of nitrogen functional groups attached to an aromatic ring is 1. The number of rotatable bonds is 3. The Morgan fingerprint density at radius 1 is 1.69 bits per heavy atom. The monoisotopic (exact) mass is 227 g/mol. The van der Waals surface area contributed by atoms with Crippen molar-refractivity contribution in [1.82, 2.24) is 4.98 Å². The first kappa shape index (κ1) is 11.8. The second-order valence-corrected chi connectivity index (χ2v) is 2.95. The van der Waals surface area contributed by atoms with E-state index in [0.717, 1.165) is 6.07 Å². The van der Waals surface area contributed by atoms with Crippen LogP contribution in [0.25, 0.3) is 0 Å². The van der Waals surface area contributed by atoms with Crippen molar-refractivity contribution in [3.63, 3.8) is 0 Å². The molecule has 0 spiro atoms. The first-order valence-electron chi connectivity index (χ1n) is 4.15. The van der Waals surface area contributed by atoms with Crippen LogP contribution in [0, 0.1) is 11.3 Å². The van der Waals surface area contributed by atoms with Crippen LogP contribution in [0.15, 0.2) is 6.07 Å². The zero-order valence-corrected chi connectivity index (χ0v) is 7.94. The van der Waals surface area contributed by atoms with Gasteiger partial charge in [-0.1, -0.05) is 0 Å². The first-order valence-corrected chi connectivity index (χ1v) is 4.15. The molecule has 16 heavy (non-hydrogen) atoms. The molecular weight excluding hydrogens is 220 g/mol. The molecule has 0 aromatic carbocycles. The maximum absolute atomic E-state index is 12.5. The molecule has 84 valence electrons. The Balaban J connectivity index is 3.32. The van der Waals surface area contributed by atoms with E-state index in [1.807, 2.05) is 0 Å². The highest BCUT2D eigenvalue weighted by molar-refractivity contribution is 5.71. The van der Waals surface area contributed by atoms with E-state index < -0.39 is 24.5 Å². The van der Waals surface area contributed by atoms with Crippen molar-refractivity contribution in [3.8, 4) is 6.07 Å². The number of nitrogens with two attached hydrogens (primary N) is 1. The highest BCUT2D eigenvalue weighted by Gasteiger charge is 2.19. The summed E-state index contributed by atoms with van der Waals surface area (Å²) in [7, 11) is 0. The van der Waals surface area contributed by atoms with Crippen molar-refractivity contribution in [3.05, 3.63) is 22.9 Å². The Morgan fingerprint density at radius 2 is 2.31 bits per heavy atom. The standard InChI is InChI=1S/C9H7F2N3O2/c10-8(11)7-4(2-6(15)16)1-5(3-12)9(13)14-7/h1,8H,2H2,(H2,13,14)(H,15,16). The van der Waals surface area contributed by atoms with Gasteiger partial charge < -0.3 is 10.8 Å². The lowest BCUT2D eigenvalue weighted by molar-refractivity contribution is -0.136. The molecule has 7 heteroatoms. The maximum Gasteiger partial charge on any atom is 0.307 e. The van der Waals surface area contributed by atoms with E-state index in [-0.39, 0.29) is 16.9 Å². The lowest BCUT2D eigenvalue weighted by Gasteiger charge is -2.08. The van der Waals surface area contributed by atoms with Crippen LogP contribution < -0.4 is 5.73 Å². The summed E-state index contributed by atoms with van der Waals surface area (Å²) in [4.78, 5) is 13.8. The van der Waals surface area contributed by atoms with Gasteiger partial charge in [0.15, 0.2) is 0 Å². The molecule has 5 nitrogen and oxygen atoms in total. The van der Waals surface area contributed by atoms with Gasteiger partial charge in [-0.2, -0.15) is 5.26 Å². The van der Waals surface area contributed by atoms with E-state index in [9.17, 15) is 13.6 Å². The zero-order valence-electron chi connectivity index (χ0n) is 7.94. The second-order valence-electron chi connectivity index (χ2n) is 2.95. The largest absolute Gasteiger partial charge is 0.481 e. The van der Waals surface area contributed by atoms with Crippen LogP contribution in [0.5, 0.6) is 0 Å². The highest BCUT2D eigenvalue weighted by atomic mass is 19.3. The number of carboxylic acid groups (broad SMARTS) is 1. The van der Waals surface area contributed by atoms with Crippen molar-refractivity contribution >= 4 is 11.8 Å². The van der Waals surface area contributed by atoms with E-state index in [1.165, 1.54) is 0 Å². The zero-order chi connectivity index (χ0) is 12.3. The second kappa shape index (κ2) is 4.53. The van der Waals surface area contributed by atoms with E-state index in [4.69, 9.17) is 16.1 Å². The summed E-state index contributed by atoms with van der Waals surface area (Å²) in [5, 5.41) is 17.1. The molecular formula is C9H7F2N3O2. The van der Waals surface area contributed by atoms with Crippen LogP contribution in [0.2, 0.25) is 0 Å². The van der Waals surface area contributed by atoms with Gasteiger partial charge >= 0.3 is 5.97 Å². The van der Waals surface area contributed by atoms with Crippen LogP contribution in [0.4, 0.5) is 14.6 Å². The fourth-order valence-electron chi connectivity index (χ4n) is 1.17. The third kappa shape index (κ3) is 2.42. The molecule has 0 aliphatic carbocycles. The van der Waals surface area contributed by atoms with E-state index in [1.54, 1.807) is 6.07 Å². The number of nitriles is 1. The van der Waals surface area contributed by atoms with E-state index >= 15 is 0 Å². The van der Waals surface area contributed by atoms with E-state index in [2.05, 4.69) is 4.98 Å². The van der Waals surface area contributed by atoms with E-state index in [0.29, 0.717) is 0 Å². The molecule has 0 saturated heterocycles. The number of carboxylic acids is 1. The summed E-state index contributed by atoms with van der Waals surface area (Å²) in [6.07, 6.45) is -3.55. The number of hydrogen-bond acceptors (Lipinski definition) is 4. The number of aromatic nitrogens is 1. The fourth-order valence-corrected chi connectivity index (χ4v) is 1.17. The van der Waals surface area contributed by atoms with Gasteiger partial charge in [-0.25, -0.2) is 13.8 Å². The smallest absolute Gasteiger partial charge is 0.307 e. The lowest BCUT2D eigenvalue weighted by atomic mass is 10.1. The molecule has 0 atom stereocenters. The Labute approximate surface area is 89.1 Å². The molecule has 0 radical (unpaired) electrons. The van der Waals surface area contributed by atoms with Crippen molar-refractivity contribution < 1.29 is 18.7 Å². The van der Waals surface area contributed by atoms with Crippen molar-refractivity contribution in [2.45, 2.75) is 12.8 Å². The predicted octanol–water partition coefficient (Wildman–Crippen LogP) is 1.10. The SMILES string of the molecule is N#Cc1cc(CC(=O)O)c(C(F)F)nc1N. The summed E-state index contributed by atoms with van der Waals surface area (Å²) in [6, 6.07) is 2.68. The minimum absolute atomic E-state index is 0.111. The minimum Gasteiger partial charge on any atom is -0.481 e. The van der Waals surface area contributed by atoms with Gasteiger partial charge in [0.2, 0.25) is 0 Å². The van der Waals surface area contributed by atoms with Gasteiger partial charge in [0, 0.05) is 0 Å². The Hall–Kier alpha value is -2.23. The average molecular weight is 227 g/mol. The van der Waals surface area contributed by atoms with Gasteiger partial charge in [-0.05, 0) is 11.6 Å². The van der Waals surface area contributed by atoms with Gasteiger partial charge in [-0.3, -0.25) is 4.79 Å². The van der Waals surface area contributed by atoms with Crippen LogP contribution in [-0.2, 0) is 11.2 Å². The third-order valence-electron chi connectivity index (χ3n) is 1.83. The van der Waals surface area contributed by atoms with Gasteiger partial charge in [-0.15, -0.1) is 0 Å². The molecule has 0 unspecified atom stereocenters. The number of anilines is 1. The van der Waals surface area contributed by atoms with Crippen molar-refractivity contribution in [2.24, 2.45) is 0 Å². The van der Waals surface area contributed by atoms with Gasteiger partial charge in [0.05, 0.1) is 12.0 Å². The van der Waals surface area contributed by atoms with Crippen LogP contribution >= 0.6 is 0 Å². The average Bonchev–Trinajstić information content (AvgIpc) is 2.19. The topological polar surface area (TPSA) is 100 Å². The Morgan fingerprint density at radius 3 is 2.75 bits per heavy atom.